The molecule has 11 heteroatoms. The van der Waals surface area contributed by atoms with Gasteiger partial charge < -0.3 is 29.9 Å². The molecule has 1 aromatic heterocycles. The van der Waals surface area contributed by atoms with Crippen molar-refractivity contribution in [3.63, 3.8) is 0 Å². The van der Waals surface area contributed by atoms with Gasteiger partial charge in [0.2, 0.25) is 11.9 Å². The predicted molar refractivity (Wildman–Crippen MR) is 159 cm³/mol. The highest BCUT2D eigenvalue weighted by molar-refractivity contribution is 6.04. The Hall–Kier alpha value is -3.44. The van der Waals surface area contributed by atoms with E-state index in [1.54, 1.807) is 37.4 Å². The van der Waals surface area contributed by atoms with Crippen molar-refractivity contribution in [3.05, 3.63) is 30.0 Å². The molecule has 2 fully saturated rings. The second kappa shape index (κ2) is 12.6. The first-order valence-corrected chi connectivity index (χ1v) is 14.8. The van der Waals surface area contributed by atoms with E-state index >= 15 is 0 Å². The topological polar surface area (TPSA) is 112 Å². The average molecular weight is 566 g/mol. The molecule has 0 bridgehead atoms. The molecule has 2 aliphatic heterocycles. The lowest BCUT2D eigenvalue weighted by atomic mass is 9.89. The molecule has 2 aromatic rings. The van der Waals surface area contributed by atoms with Gasteiger partial charge in [0.15, 0.2) is 5.82 Å². The highest BCUT2D eigenvalue weighted by atomic mass is 16.5. The van der Waals surface area contributed by atoms with Crippen LogP contribution in [0.3, 0.4) is 0 Å². The Morgan fingerprint density at radius 2 is 1.90 bits per heavy atom. The van der Waals surface area contributed by atoms with E-state index in [0.29, 0.717) is 46.9 Å². The molecule has 0 spiro atoms. The SMILES string of the molecule is CC[C@@H]1C(=O)N(C)c2cnc(Nc3ccc(C(=O)NC4CCC(N5CCOCC5)CC4)cc3OC)nc2N1C(C)C. The summed E-state index contributed by atoms with van der Waals surface area (Å²) in [7, 11) is 3.34. The van der Waals surface area contributed by atoms with Gasteiger partial charge in [0.1, 0.15) is 17.5 Å². The molecule has 1 aromatic carbocycles. The number of methoxy groups -OCH3 is 1. The van der Waals surface area contributed by atoms with Crippen LogP contribution in [0.5, 0.6) is 5.75 Å². The minimum atomic E-state index is -0.281. The van der Waals surface area contributed by atoms with Crippen molar-refractivity contribution in [2.75, 3.05) is 55.6 Å². The fourth-order valence-corrected chi connectivity index (χ4v) is 6.29. The summed E-state index contributed by atoms with van der Waals surface area (Å²) in [5, 5.41) is 6.48. The normalized spacial score (nSPS) is 23.4. The van der Waals surface area contributed by atoms with Crippen LogP contribution in [0.25, 0.3) is 0 Å². The molecule has 5 rings (SSSR count). The number of ether oxygens (including phenoxy) is 2. The van der Waals surface area contributed by atoms with Crippen LogP contribution in [-0.2, 0) is 9.53 Å². The van der Waals surface area contributed by atoms with Crippen LogP contribution in [0.2, 0.25) is 0 Å². The van der Waals surface area contributed by atoms with E-state index in [1.165, 1.54) is 0 Å². The molecule has 3 aliphatic rings. The fraction of sp³-hybridized carbons (Fsp3) is 0.600. The number of carbonyl (C=O) groups is 2. The van der Waals surface area contributed by atoms with Crippen molar-refractivity contribution < 1.29 is 19.1 Å². The average Bonchev–Trinajstić information content (AvgIpc) is 2.99. The summed E-state index contributed by atoms with van der Waals surface area (Å²) in [6.07, 6.45) is 6.50. The first-order chi connectivity index (χ1) is 19.8. The number of morpholine rings is 1. The molecule has 0 unspecified atom stereocenters. The third-order valence-corrected chi connectivity index (χ3v) is 8.55. The second-order valence-electron chi connectivity index (χ2n) is 11.4. The van der Waals surface area contributed by atoms with E-state index < -0.39 is 0 Å². The molecular weight excluding hydrogens is 522 g/mol. The van der Waals surface area contributed by atoms with Gasteiger partial charge in [0.05, 0.1) is 32.2 Å². The fourth-order valence-electron chi connectivity index (χ4n) is 6.29. The van der Waals surface area contributed by atoms with Gasteiger partial charge >= 0.3 is 0 Å². The van der Waals surface area contributed by atoms with Crippen LogP contribution >= 0.6 is 0 Å². The standard InChI is InChI=1S/C30H43N7O4/c1-6-24-29(39)35(4)25-18-31-30(34-27(25)37(24)19(2)3)33-23-12-7-20(17-26(23)40-5)28(38)32-21-8-10-22(11-9-21)36-13-15-41-16-14-36/h7,12,17-19,21-22,24H,6,8-11,13-16H2,1-5H3,(H,32,38)(H,31,33,34)/t21?,22?,24-/m1/s1. The Bertz CT molecular complexity index is 1240. The Labute approximate surface area is 242 Å². The largest absolute Gasteiger partial charge is 0.495 e. The number of aromatic nitrogens is 2. The van der Waals surface area contributed by atoms with Gasteiger partial charge in [-0.1, -0.05) is 6.92 Å². The van der Waals surface area contributed by atoms with E-state index in [0.717, 1.165) is 52.0 Å². The zero-order valence-electron chi connectivity index (χ0n) is 24.9. The van der Waals surface area contributed by atoms with Crippen LogP contribution in [-0.4, -0.2) is 91.3 Å². The third-order valence-electron chi connectivity index (χ3n) is 8.55. The second-order valence-corrected chi connectivity index (χ2v) is 11.4. The zero-order chi connectivity index (χ0) is 29.1. The molecule has 2 N–H and O–H groups in total. The number of hydrogen-bond donors (Lipinski definition) is 2. The minimum Gasteiger partial charge on any atom is -0.495 e. The summed E-state index contributed by atoms with van der Waals surface area (Å²) in [5.74, 6) is 1.57. The van der Waals surface area contributed by atoms with E-state index in [-0.39, 0.29) is 29.9 Å². The van der Waals surface area contributed by atoms with E-state index in [2.05, 4.69) is 39.3 Å². The van der Waals surface area contributed by atoms with Gasteiger partial charge in [-0.3, -0.25) is 14.5 Å². The number of nitrogens with zero attached hydrogens (tertiary/aromatic N) is 5. The number of anilines is 4. The molecule has 1 atom stereocenters. The van der Waals surface area contributed by atoms with Crippen molar-refractivity contribution in [2.24, 2.45) is 0 Å². The maximum Gasteiger partial charge on any atom is 0.251 e. The van der Waals surface area contributed by atoms with Crippen LogP contribution in [0, 0.1) is 0 Å². The molecule has 2 amide bonds. The Kier molecular flexibility index (Phi) is 8.94. The highest BCUT2D eigenvalue weighted by Gasteiger charge is 2.38. The van der Waals surface area contributed by atoms with Gasteiger partial charge in [0, 0.05) is 43.8 Å². The molecule has 1 saturated heterocycles. The number of fused-ring (bicyclic) bond motifs is 1. The number of likely N-dealkylation sites (N-methyl/N-ethyl adjacent to an activating group) is 1. The molecular formula is C30H43N7O4. The lowest BCUT2D eigenvalue weighted by molar-refractivity contribution is -0.120. The first-order valence-electron chi connectivity index (χ1n) is 14.8. The maximum absolute atomic E-state index is 13.1. The van der Waals surface area contributed by atoms with Gasteiger partial charge in [-0.15, -0.1) is 0 Å². The maximum atomic E-state index is 13.1. The number of amides is 2. The van der Waals surface area contributed by atoms with E-state index in [4.69, 9.17) is 14.5 Å². The Balaban J connectivity index is 1.26. The lowest BCUT2D eigenvalue weighted by Gasteiger charge is -2.42. The minimum absolute atomic E-state index is 0.0405. The zero-order valence-corrected chi connectivity index (χ0v) is 24.9. The summed E-state index contributed by atoms with van der Waals surface area (Å²) >= 11 is 0. The molecule has 0 radical (unpaired) electrons. The Morgan fingerprint density at radius 3 is 2.56 bits per heavy atom. The lowest BCUT2D eigenvalue weighted by Crippen LogP contribution is -2.54. The highest BCUT2D eigenvalue weighted by Crippen LogP contribution is 2.37. The van der Waals surface area contributed by atoms with Crippen LogP contribution < -0.4 is 25.2 Å². The van der Waals surface area contributed by atoms with E-state index in [9.17, 15) is 9.59 Å². The molecule has 1 saturated carbocycles. The molecule has 222 valence electrons. The van der Waals surface area contributed by atoms with Crippen LogP contribution in [0.4, 0.5) is 23.1 Å². The number of benzene rings is 1. The predicted octanol–water partition coefficient (Wildman–Crippen LogP) is 3.57. The van der Waals surface area contributed by atoms with Crippen molar-refractivity contribution >= 4 is 35.0 Å². The monoisotopic (exact) mass is 565 g/mol. The van der Waals surface area contributed by atoms with Crippen molar-refractivity contribution in [1.29, 1.82) is 0 Å². The number of carbonyl (C=O) groups excluding carboxylic acids is 2. The number of rotatable bonds is 8. The summed E-state index contributed by atoms with van der Waals surface area (Å²) in [6.45, 7) is 9.77. The van der Waals surface area contributed by atoms with Crippen LogP contribution in [0.1, 0.15) is 63.2 Å². The van der Waals surface area contributed by atoms with Gasteiger partial charge in [0.25, 0.3) is 5.91 Å². The van der Waals surface area contributed by atoms with Gasteiger partial charge in [-0.05, 0) is 64.2 Å². The molecule has 41 heavy (non-hydrogen) atoms. The number of hydrogen-bond acceptors (Lipinski definition) is 9. The van der Waals surface area contributed by atoms with Gasteiger partial charge in [-0.25, -0.2) is 4.98 Å². The summed E-state index contributed by atoms with van der Waals surface area (Å²) in [6, 6.07) is 5.92. The van der Waals surface area contributed by atoms with Gasteiger partial charge in [-0.2, -0.15) is 4.98 Å². The first kappa shape index (κ1) is 29.1. The quantitative estimate of drug-likeness (QED) is 0.496. The molecule has 3 heterocycles. The van der Waals surface area contributed by atoms with Crippen molar-refractivity contribution in [3.8, 4) is 5.75 Å². The third kappa shape index (κ3) is 6.11. The van der Waals surface area contributed by atoms with Crippen LogP contribution in [0.15, 0.2) is 24.4 Å². The Morgan fingerprint density at radius 1 is 1.17 bits per heavy atom. The van der Waals surface area contributed by atoms with E-state index in [1.807, 2.05) is 13.0 Å². The molecule has 1 aliphatic carbocycles. The molecule has 11 nitrogen and oxygen atoms in total. The summed E-state index contributed by atoms with van der Waals surface area (Å²) in [5.41, 5.74) is 1.88. The van der Waals surface area contributed by atoms with Crippen molar-refractivity contribution in [2.45, 2.75) is 77.0 Å². The summed E-state index contributed by atoms with van der Waals surface area (Å²) < 4.78 is 11.1. The van der Waals surface area contributed by atoms with Crippen molar-refractivity contribution in [1.82, 2.24) is 20.2 Å². The number of nitrogens with one attached hydrogen (secondary N) is 2. The smallest absolute Gasteiger partial charge is 0.251 e. The summed E-state index contributed by atoms with van der Waals surface area (Å²) in [4.78, 5) is 41.6.